The maximum absolute atomic E-state index is 12.6. The average molecular weight is 397 g/mol. The lowest BCUT2D eigenvalue weighted by molar-refractivity contribution is 0.0661. The number of aryl methyl sites for hydroxylation is 1. The van der Waals surface area contributed by atoms with Crippen LogP contribution in [0, 0.1) is 6.92 Å². The second-order valence-electron chi connectivity index (χ2n) is 6.62. The van der Waals surface area contributed by atoms with Crippen LogP contribution >= 0.6 is 0 Å². The number of hydrogen-bond donors (Lipinski definition) is 2. The maximum Gasteiger partial charge on any atom is 0.277 e. The van der Waals surface area contributed by atoms with Crippen LogP contribution in [0.5, 0.6) is 0 Å². The van der Waals surface area contributed by atoms with E-state index in [0.717, 1.165) is 12.8 Å². The highest BCUT2D eigenvalue weighted by molar-refractivity contribution is 6.07. The molecule has 0 unspecified atom stereocenters. The molecule has 1 aliphatic heterocycles. The molecular formula is C18H19N7O4. The summed E-state index contributed by atoms with van der Waals surface area (Å²) >= 11 is 0. The summed E-state index contributed by atoms with van der Waals surface area (Å²) in [5, 5.41) is 6.88. The number of oxazole rings is 1. The van der Waals surface area contributed by atoms with Crippen molar-refractivity contribution in [3.05, 3.63) is 41.9 Å². The number of carbonyl (C=O) groups is 2. The van der Waals surface area contributed by atoms with E-state index < -0.39 is 11.8 Å². The molecule has 1 fully saturated rings. The molecule has 11 nitrogen and oxygen atoms in total. The SMILES string of the molecule is Cc1cncc(-c2nc(C(=O)Nc3cn(C4CCOCC4)nc3C(N)=O)co2)n1. The third-order valence-corrected chi connectivity index (χ3v) is 4.49. The molecule has 11 heteroatoms. The van der Waals surface area contributed by atoms with Crippen LogP contribution in [0.1, 0.15) is 45.6 Å². The Morgan fingerprint density at radius 2 is 2.03 bits per heavy atom. The fourth-order valence-electron chi connectivity index (χ4n) is 3.05. The standard InChI is InChI=1S/C18H19N7O4/c1-10-6-20-7-12(21-10)18-23-14(9-29-18)17(27)22-13-8-25(24-15(13)16(19)26)11-2-4-28-5-3-11/h6-9,11H,2-5H2,1H3,(H2,19,26)(H,22,27). The van der Waals surface area contributed by atoms with E-state index in [1.165, 1.54) is 12.5 Å². The maximum atomic E-state index is 12.6. The Labute approximate surface area is 165 Å². The molecule has 0 atom stereocenters. The van der Waals surface area contributed by atoms with Gasteiger partial charge < -0.3 is 20.2 Å². The number of anilines is 1. The van der Waals surface area contributed by atoms with Gasteiger partial charge in [0.1, 0.15) is 12.0 Å². The number of hydrogen-bond acceptors (Lipinski definition) is 8. The van der Waals surface area contributed by atoms with Crippen molar-refractivity contribution in [2.24, 2.45) is 5.73 Å². The van der Waals surface area contributed by atoms with E-state index in [9.17, 15) is 9.59 Å². The van der Waals surface area contributed by atoms with Gasteiger partial charge in [-0.2, -0.15) is 5.10 Å². The minimum Gasteiger partial charge on any atom is -0.442 e. The van der Waals surface area contributed by atoms with Crippen molar-refractivity contribution in [2.75, 3.05) is 18.5 Å². The fourth-order valence-corrected chi connectivity index (χ4v) is 3.05. The van der Waals surface area contributed by atoms with Crippen molar-refractivity contribution < 1.29 is 18.7 Å². The molecule has 2 amide bonds. The average Bonchev–Trinajstić information content (AvgIpc) is 3.36. The highest BCUT2D eigenvalue weighted by Gasteiger charge is 2.23. The zero-order valence-corrected chi connectivity index (χ0v) is 15.7. The third-order valence-electron chi connectivity index (χ3n) is 4.49. The summed E-state index contributed by atoms with van der Waals surface area (Å²) in [5.41, 5.74) is 6.76. The number of amides is 2. The number of nitrogens with two attached hydrogens (primary N) is 1. The summed E-state index contributed by atoms with van der Waals surface area (Å²) in [6.07, 6.45) is 7.42. The number of rotatable bonds is 5. The van der Waals surface area contributed by atoms with Gasteiger partial charge in [-0.1, -0.05) is 0 Å². The Morgan fingerprint density at radius 1 is 1.24 bits per heavy atom. The molecule has 0 aliphatic carbocycles. The molecule has 29 heavy (non-hydrogen) atoms. The molecule has 0 spiro atoms. The first-order chi connectivity index (χ1) is 14.0. The predicted octanol–water partition coefficient (Wildman–Crippen LogP) is 1.34. The van der Waals surface area contributed by atoms with E-state index >= 15 is 0 Å². The minimum absolute atomic E-state index is 0.0156. The van der Waals surface area contributed by atoms with Crippen molar-refractivity contribution in [3.8, 4) is 11.6 Å². The predicted molar refractivity (Wildman–Crippen MR) is 100 cm³/mol. The van der Waals surface area contributed by atoms with Crippen molar-refractivity contribution >= 4 is 17.5 Å². The van der Waals surface area contributed by atoms with Crippen LogP contribution in [-0.2, 0) is 4.74 Å². The summed E-state index contributed by atoms with van der Waals surface area (Å²) in [5.74, 6) is -1.13. The Kier molecular flexibility index (Phi) is 5.04. The lowest BCUT2D eigenvalue weighted by Gasteiger charge is -2.22. The van der Waals surface area contributed by atoms with E-state index in [-0.39, 0.29) is 29.0 Å². The largest absolute Gasteiger partial charge is 0.442 e. The van der Waals surface area contributed by atoms with Gasteiger partial charge in [-0.25, -0.2) is 9.97 Å². The topological polar surface area (TPSA) is 151 Å². The van der Waals surface area contributed by atoms with Gasteiger partial charge in [-0.15, -0.1) is 0 Å². The van der Waals surface area contributed by atoms with Crippen LogP contribution in [0.4, 0.5) is 5.69 Å². The van der Waals surface area contributed by atoms with Crippen molar-refractivity contribution in [1.82, 2.24) is 24.7 Å². The number of carbonyl (C=O) groups excluding carboxylic acids is 2. The molecule has 1 aliphatic rings. The zero-order valence-electron chi connectivity index (χ0n) is 15.7. The summed E-state index contributed by atoms with van der Waals surface area (Å²) in [6.45, 7) is 3.01. The molecule has 3 aromatic heterocycles. The van der Waals surface area contributed by atoms with Crippen LogP contribution in [0.3, 0.4) is 0 Å². The van der Waals surface area contributed by atoms with Gasteiger partial charge in [0.25, 0.3) is 11.8 Å². The van der Waals surface area contributed by atoms with E-state index in [0.29, 0.717) is 24.6 Å². The Morgan fingerprint density at radius 3 is 2.76 bits per heavy atom. The summed E-state index contributed by atoms with van der Waals surface area (Å²) in [7, 11) is 0. The Balaban J connectivity index is 1.55. The third kappa shape index (κ3) is 3.99. The molecule has 0 saturated carbocycles. The first-order valence-electron chi connectivity index (χ1n) is 9.04. The van der Waals surface area contributed by atoms with Crippen LogP contribution < -0.4 is 11.1 Å². The van der Waals surface area contributed by atoms with E-state index in [1.54, 1.807) is 24.0 Å². The fraction of sp³-hybridized carbons (Fsp3) is 0.333. The number of aromatic nitrogens is 5. The van der Waals surface area contributed by atoms with E-state index in [1.807, 2.05) is 0 Å². The van der Waals surface area contributed by atoms with Crippen LogP contribution in [0.25, 0.3) is 11.6 Å². The highest BCUT2D eigenvalue weighted by Crippen LogP contribution is 2.24. The summed E-state index contributed by atoms with van der Waals surface area (Å²) in [4.78, 5) is 36.8. The normalized spacial score (nSPS) is 14.7. The number of nitrogens with zero attached hydrogens (tertiary/aromatic N) is 5. The van der Waals surface area contributed by atoms with Gasteiger partial charge in [0.05, 0.1) is 23.6 Å². The molecule has 1 saturated heterocycles. The molecule has 4 rings (SSSR count). The van der Waals surface area contributed by atoms with Gasteiger partial charge in [-0.05, 0) is 19.8 Å². The number of ether oxygens (including phenoxy) is 1. The van der Waals surface area contributed by atoms with Crippen LogP contribution in [0.15, 0.2) is 29.3 Å². The second kappa shape index (κ2) is 7.80. The molecular weight excluding hydrogens is 378 g/mol. The first-order valence-corrected chi connectivity index (χ1v) is 9.04. The van der Waals surface area contributed by atoms with E-state index in [4.69, 9.17) is 14.9 Å². The second-order valence-corrected chi connectivity index (χ2v) is 6.62. The van der Waals surface area contributed by atoms with Gasteiger partial charge in [0.2, 0.25) is 5.89 Å². The van der Waals surface area contributed by atoms with Crippen molar-refractivity contribution in [1.29, 1.82) is 0 Å². The minimum atomic E-state index is -0.734. The highest BCUT2D eigenvalue weighted by atomic mass is 16.5. The molecule has 3 aromatic rings. The molecule has 0 aromatic carbocycles. The lowest BCUT2D eigenvalue weighted by atomic mass is 10.1. The monoisotopic (exact) mass is 397 g/mol. The molecule has 3 N–H and O–H groups in total. The number of primary amides is 1. The Hall–Kier alpha value is -3.60. The van der Waals surface area contributed by atoms with Crippen molar-refractivity contribution in [2.45, 2.75) is 25.8 Å². The number of nitrogens with one attached hydrogen (secondary N) is 1. The van der Waals surface area contributed by atoms with Crippen LogP contribution in [-0.4, -0.2) is 49.8 Å². The summed E-state index contributed by atoms with van der Waals surface area (Å²) < 4.78 is 12.3. The van der Waals surface area contributed by atoms with Crippen molar-refractivity contribution in [3.63, 3.8) is 0 Å². The van der Waals surface area contributed by atoms with Gasteiger partial charge in [0, 0.05) is 25.6 Å². The zero-order chi connectivity index (χ0) is 20.4. The molecule has 0 bridgehead atoms. The van der Waals surface area contributed by atoms with E-state index in [2.05, 4.69) is 25.4 Å². The Bertz CT molecular complexity index is 1050. The molecule has 0 radical (unpaired) electrons. The van der Waals surface area contributed by atoms with Gasteiger partial charge in [-0.3, -0.25) is 19.3 Å². The first kappa shape index (κ1) is 18.7. The van der Waals surface area contributed by atoms with Gasteiger partial charge in [0.15, 0.2) is 11.4 Å². The van der Waals surface area contributed by atoms with Gasteiger partial charge >= 0.3 is 0 Å². The molecule has 4 heterocycles. The van der Waals surface area contributed by atoms with Crippen LogP contribution in [0.2, 0.25) is 0 Å². The molecule has 150 valence electrons. The smallest absolute Gasteiger partial charge is 0.277 e. The lowest BCUT2D eigenvalue weighted by Crippen LogP contribution is -2.21. The quantitative estimate of drug-likeness (QED) is 0.654. The summed E-state index contributed by atoms with van der Waals surface area (Å²) in [6, 6.07) is 0.0750.